The molecule has 1 aromatic carbocycles. The van der Waals surface area contributed by atoms with Crippen molar-refractivity contribution in [2.45, 2.75) is 12.5 Å². The quantitative estimate of drug-likeness (QED) is 0.645. The molecule has 0 unspecified atom stereocenters. The highest BCUT2D eigenvalue weighted by atomic mass is 16.1. The molecule has 1 atom stereocenters. The van der Waals surface area contributed by atoms with Crippen LogP contribution in [0.3, 0.4) is 0 Å². The molecule has 1 aromatic rings. The zero-order valence-electron chi connectivity index (χ0n) is 7.16. The lowest BCUT2D eigenvalue weighted by Crippen LogP contribution is -2.23. The zero-order chi connectivity index (χ0) is 8.81. The van der Waals surface area contributed by atoms with Gasteiger partial charge in [-0.2, -0.15) is 0 Å². The third-order valence-electron chi connectivity index (χ3n) is 1.46. The highest BCUT2D eigenvalue weighted by Gasteiger charge is 1.99. The van der Waals surface area contributed by atoms with E-state index >= 15 is 0 Å². The van der Waals surface area contributed by atoms with Crippen molar-refractivity contribution in [2.75, 3.05) is 0 Å². The SMILES string of the molecule is [3H]N[C@H](C=O)Cc1ccccc1. The average molecular weight is 151 g/mol. The molecule has 0 spiro atoms. The van der Waals surface area contributed by atoms with E-state index in [1.807, 2.05) is 30.3 Å². The maximum atomic E-state index is 10.4. The molecule has 0 saturated carbocycles. The Balaban J connectivity index is 2.56. The molecule has 2 nitrogen and oxygen atoms in total. The molecule has 0 saturated heterocycles. The normalized spacial score (nSPS) is 13.6. The topological polar surface area (TPSA) is 43.1 Å². The summed E-state index contributed by atoms with van der Waals surface area (Å²) in [4.78, 5) is 10.4. The number of carbonyl (C=O) groups is 1. The van der Waals surface area contributed by atoms with Crippen molar-refractivity contribution >= 4 is 6.29 Å². The lowest BCUT2D eigenvalue weighted by molar-refractivity contribution is -0.108. The van der Waals surface area contributed by atoms with Crippen molar-refractivity contribution in [1.29, 1.82) is 0 Å². The van der Waals surface area contributed by atoms with Gasteiger partial charge < -0.3 is 10.5 Å². The van der Waals surface area contributed by atoms with Gasteiger partial charge >= 0.3 is 0 Å². The van der Waals surface area contributed by atoms with E-state index in [1.54, 1.807) is 0 Å². The summed E-state index contributed by atoms with van der Waals surface area (Å²) in [6.45, 7) is 0. The lowest BCUT2D eigenvalue weighted by atomic mass is 10.1. The van der Waals surface area contributed by atoms with Gasteiger partial charge in [0.15, 0.2) is 0 Å². The minimum Gasteiger partial charge on any atom is -0.321 e. The van der Waals surface area contributed by atoms with Crippen molar-refractivity contribution in [1.82, 2.24) is 0 Å². The molecule has 0 amide bonds. The molecule has 58 valence electrons. The third kappa shape index (κ3) is 2.51. The van der Waals surface area contributed by atoms with Gasteiger partial charge in [-0.25, -0.2) is 0 Å². The van der Waals surface area contributed by atoms with Crippen LogP contribution in [0.15, 0.2) is 30.3 Å². The van der Waals surface area contributed by atoms with Crippen LogP contribution in [-0.2, 0) is 11.2 Å². The molecule has 0 bridgehead atoms. The summed E-state index contributed by atoms with van der Waals surface area (Å²) in [5.74, 6) is 0. The highest BCUT2D eigenvalue weighted by Crippen LogP contribution is 1.99. The van der Waals surface area contributed by atoms with E-state index in [1.165, 1.54) is 0 Å². The van der Waals surface area contributed by atoms with E-state index in [0.29, 0.717) is 6.42 Å². The summed E-state index contributed by atoms with van der Waals surface area (Å²) in [5.41, 5.74) is 3.25. The molecule has 0 radical (unpaired) electrons. The van der Waals surface area contributed by atoms with E-state index in [-0.39, 0.29) is 0 Å². The van der Waals surface area contributed by atoms with E-state index in [2.05, 4.69) is 5.73 Å². The number of aldehydes is 1. The van der Waals surface area contributed by atoms with Crippen LogP contribution in [0.4, 0.5) is 0 Å². The van der Waals surface area contributed by atoms with Gasteiger partial charge in [0.25, 0.3) is 0 Å². The Morgan fingerprint density at radius 2 is 2.27 bits per heavy atom. The number of hydrogen-bond acceptors (Lipinski definition) is 2. The average Bonchev–Trinajstić information content (AvgIpc) is 2.16. The van der Waals surface area contributed by atoms with E-state index in [4.69, 9.17) is 1.41 Å². The van der Waals surface area contributed by atoms with Crippen molar-refractivity contribution in [2.24, 2.45) is 5.73 Å². The Morgan fingerprint density at radius 1 is 1.55 bits per heavy atom. The molecule has 2 heteroatoms. The first kappa shape index (κ1) is 6.55. The van der Waals surface area contributed by atoms with Gasteiger partial charge in [-0.1, -0.05) is 30.3 Å². The molecule has 0 heterocycles. The van der Waals surface area contributed by atoms with Crippen molar-refractivity contribution in [3.05, 3.63) is 35.9 Å². The van der Waals surface area contributed by atoms with Gasteiger partial charge in [0, 0.05) is 0 Å². The van der Waals surface area contributed by atoms with Crippen LogP contribution < -0.4 is 5.73 Å². The Kier molecular flexibility index (Phi) is 2.31. The Labute approximate surface area is 67.5 Å². The molecule has 2 N–H and O–H groups in total. The first-order valence-corrected chi connectivity index (χ1v) is 3.53. The van der Waals surface area contributed by atoms with E-state index in [9.17, 15) is 4.79 Å². The largest absolute Gasteiger partial charge is 0.321 e. The van der Waals surface area contributed by atoms with E-state index < -0.39 is 6.04 Å². The van der Waals surface area contributed by atoms with Gasteiger partial charge in [-0.15, -0.1) is 0 Å². The van der Waals surface area contributed by atoms with Crippen LogP contribution >= 0.6 is 0 Å². The molecule has 0 aliphatic rings. The molecule has 0 aliphatic carbocycles. The van der Waals surface area contributed by atoms with Crippen LogP contribution in [-0.4, -0.2) is 12.3 Å². The molecular weight excluding hydrogens is 138 g/mol. The molecule has 1 rings (SSSR count). The van der Waals surface area contributed by atoms with Gasteiger partial charge in [0.1, 0.15) is 7.70 Å². The fourth-order valence-electron chi connectivity index (χ4n) is 0.916. The molecule has 0 aliphatic heterocycles. The standard InChI is InChI=1S/C9H11NO/c10-9(7-11)6-8-4-2-1-3-5-8/h1-5,7,9H,6,10H2/t9-/m0/s1/i/hT. The van der Waals surface area contributed by atoms with Gasteiger partial charge in [0.05, 0.1) is 6.04 Å². The van der Waals surface area contributed by atoms with Gasteiger partial charge in [-0.3, -0.25) is 0 Å². The van der Waals surface area contributed by atoms with Crippen LogP contribution in [0.25, 0.3) is 0 Å². The van der Waals surface area contributed by atoms with Crippen LogP contribution in [0.5, 0.6) is 0 Å². The van der Waals surface area contributed by atoms with Crippen LogP contribution in [0, 0.1) is 0 Å². The Hall–Kier alpha value is -1.15. The summed E-state index contributed by atoms with van der Waals surface area (Å²) < 4.78 is 6.83. The second-order valence-corrected chi connectivity index (χ2v) is 2.43. The van der Waals surface area contributed by atoms with E-state index in [0.717, 1.165) is 11.8 Å². The number of carbonyl (C=O) groups excluding carboxylic acids is 1. The smallest absolute Gasteiger partial charge is 0.137 e. The van der Waals surface area contributed by atoms with Gasteiger partial charge in [0.2, 0.25) is 0 Å². The zero-order valence-corrected chi connectivity index (χ0v) is 6.16. The number of rotatable bonds is 4. The fraction of sp³-hybridized carbons (Fsp3) is 0.222. The second-order valence-electron chi connectivity index (χ2n) is 2.43. The summed E-state index contributed by atoms with van der Waals surface area (Å²) in [5, 5.41) is 0. The third-order valence-corrected chi connectivity index (χ3v) is 1.46. The predicted molar refractivity (Wildman–Crippen MR) is 44.2 cm³/mol. The van der Waals surface area contributed by atoms with Crippen molar-refractivity contribution in [3.8, 4) is 0 Å². The fourth-order valence-corrected chi connectivity index (χ4v) is 0.916. The Bertz CT molecular complexity index is 238. The lowest BCUT2D eigenvalue weighted by Gasteiger charge is -2.02. The van der Waals surface area contributed by atoms with Crippen molar-refractivity contribution < 1.29 is 6.21 Å². The van der Waals surface area contributed by atoms with Crippen molar-refractivity contribution in [3.63, 3.8) is 0 Å². The number of nitrogens with two attached hydrogens (primary N) is 1. The predicted octanol–water partition coefficient (Wildman–Crippen LogP) is 0.755. The molecule has 0 aromatic heterocycles. The monoisotopic (exact) mass is 151 g/mol. The summed E-state index contributed by atoms with van der Waals surface area (Å²) >= 11 is 0. The minimum absolute atomic E-state index is 0.396. The number of benzene rings is 1. The first-order valence-electron chi connectivity index (χ1n) is 4.03. The summed E-state index contributed by atoms with van der Waals surface area (Å²) in [7, 11) is 0. The first-order chi connectivity index (χ1) is 5.86. The van der Waals surface area contributed by atoms with Gasteiger partial charge in [-0.05, 0) is 12.0 Å². The summed E-state index contributed by atoms with van der Waals surface area (Å²) in [6, 6.07) is 9.24. The maximum Gasteiger partial charge on any atom is 0.137 e. The second kappa shape index (κ2) is 3.88. The van der Waals surface area contributed by atoms with Crippen LogP contribution in [0.2, 0.25) is 1.41 Å². The number of hydrogen-bond donors (Lipinski definition) is 1. The molecule has 0 fully saturated rings. The molecular formula is C9H11NO. The minimum atomic E-state index is -0.396. The highest BCUT2D eigenvalue weighted by molar-refractivity contribution is 5.57. The maximum absolute atomic E-state index is 10.4. The summed E-state index contributed by atoms with van der Waals surface area (Å²) in [6.07, 6.45) is 1.33. The Morgan fingerprint density at radius 3 is 2.82 bits per heavy atom. The molecule has 11 heavy (non-hydrogen) atoms. The van der Waals surface area contributed by atoms with Crippen LogP contribution in [0.1, 0.15) is 5.56 Å².